The van der Waals surface area contributed by atoms with Crippen molar-refractivity contribution in [2.75, 3.05) is 33.0 Å². The molecule has 0 atom stereocenters. The molecule has 0 aromatic rings. The van der Waals surface area contributed by atoms with E-state index in [1.165, 1.54) is 0 Å². The molecule has 3 nitrogen and oxygen atoms in total. The Morgan fingerprint density at radius 1 is 1.15 bits per heavy atom. The summed E-state index contributed by atoms with van der Waals surface area (Å²) in [7, 11) is 0. The van der Waals surface area contributed by atoms with Crippen molar-refractivity contribution in [2.45, 2.75) is 19.3 Å². The van der Waals surface area contributed by atoms with Gasteiger partial charge < -0.3 is 14.6 Å². The van der Waals surface area contributed by atoms with Gasteiger partial charge in [0.05, 0.1) is 19.8 Å². The maximum atomic E-state index is 9.26. The van der Waals surface area contributed by atoms with Crippen LogP contribution < -0.4 is 0 Å². The van der Waals surface area contributed by atoms with Crippen molar-refractivity contribution in [1.82, 2.24) is 0 Å². The highest BCUT2D eigenvalue weighted by Crippen LogP contribution is 2.37. The van der Waals surface area contributed by atoms with Crippen LogP contribution in [0.5, 0.6) is 0 Å². The zero-order chi connectivity index (χ0) is 9.15. The Morgan fingerprint density at radius 3 is 2.31 bits per heavy atom. The molecule has 0 amide bonds. The number of hydrogen-bond donors (Lipinski definition) is 1. The molecule has 1 N–H and O–H groups in total. The van der Waals surface area contributed by atoms with Crippen LogP contribution in [0.3, 0.4) is 0 Å². The molecule has 2 saturated heterocycles. The number of aliphatic hydroxyl groups excluding tert-OH is 1. The van der Waals surface area contributed by atoms with Gasteiger partial charge >= 0.3 is 0 Å². The van der Waals surface area contributed by atoms with Crippen LogP contribution >= 0.6 is 0 Å². The van der Waals surface area contributed by atoms with Crippen LogP contribution in [0.15, 0.2) is 0 Å². The van der Waals surface area contributed by atoms with E-state index in [2.05, 4.69) is 0 Å². The van der Waals surface area contributed by atoms with E-state index in [0.717, 1.165) is 51.6 Å². The van der Waals surface area contributed by atoms with Gasteiger partial charge in [-0.3, -0.25) is 0 Å². The van der Waals surface area contributed by atoms with E-state index in [4.69, 9.17) is 9.47 Å². The molecule has 0 aromatic carbocycles. The summed E-state index contributed by atoms with van der Waals surface area (Å²) in [5.74, 6) is 0.741. The van der Waals surface area contributed by atoms with Crippen LogP contribution in [0, 0.1) is 11.3 Å². The molecule has 2 rings (SSSR count). The van der Waals surface area contributed by atoms with Crippen molar-refractivity contribution in [1.29, 1.82) is 0 Å². The van der Waals surface area contributed by atoms with E-state index in [-0.39, 0.29) is 12.0 Å². The standard InChI is InChI=1S/C10H18O3/c11-6-10(7-13-8-10)5-9-1-3-12-4-2-9/h9,11H,1-8H2. The third-order valence-electron chi connectivity index (χ3n) is 3.21. The fraction of sp³-hybridized carbons (Fsp3) is 1.00. The van der Waals surface area contributed by atoms with Gasteiger partial charge in [0.2, 0.25) is 0 Å². The molecule has 2 aliphatic rings. The molecule has 13 heavy (non-hydrogen) atoms. The minimum Gasteiger partial charge on any atom is -0.396 e. The number of rotatable bonds is 3. The van der Waals surface area contributed by atoms with E-state index in [1.807, 2.05) is 0 Å². The Bertz CT molecular complexity index is 154. The predicted octanol–water partition coefficient (Wildman–Crippen LogP) is 0.812. The average molecular weight is 186 g/mol. The van der Waals surface area contributed by atoms with Crippen molar-refractivity contribution < 1.29 is 14.6 Å². The Labute approximate surface area is 79.0 Å². The first-order chi connectivity index (χ1) is 6.35. The van der Waals surface area contributed by atoms with Gasteiger partial charge in [0.1, 0.15) is 0 Å². The molecule has 76 valence electrons. The molecule has 2 heterocycles. The second kappa shape index (κ2) is 3.95. The highest BCUT2D eigenvalue weighted by molar-refractivity contribution is 4.87. The lowest BCUT2D eigenvalue weighted by Gasteiger charge is -2.42. The molecule has 0 spiro atoms. The van der Waals surface area contributed by atoms with Crippen molar-refractivity contribution in [3.8, 4) is 0 Å². The lowest BCUT2D eigenvalue weighted by Crippen LogP contribution is -2.47. The monoisotopic (exact) mass is 186 g/mol. The normalized spacial score (nSPS) is 28.4. The quantitative estimate of drug-likeness (QED) is 0.709. The van der Waals surface area contributed by atoms with E-state index in [0.29, 0.717) is 0 Å². The number of ether oxygens (including phenoxy) is 2. The fourth-order valence-electron chi connectivity index (χ4n) is 2.23. The topological polar surface area (TPSA) is 38.7 Å². The first-order valence-corrected chi connectivity index (χ1v) is 5.11. The van der Waals surface area contributed by atoms with Crippen molar-refractivity contribution >= 4 is 0 Å². The van der Waals surface area contributed by atoms with Crippen molar-refractivity contribution in [3.05, 3.63) is 0 Å². The van der Waals surface area contributed by atoms with Crippen LogP contribution in [-0.4, -0.2) is 38.1 Å². The molecule has 0 aromatic heterocycles. The van der Waals surface area contributed by atoms with Gasteiger partial charge in [0.25, 0.3) is 0 Å². The second-order valence-electron chi connectivity index (χ2n) is 4.41. The first-order valence-electron chi connectivity index (χ1n) is 5.11. The predicted molar refractivity (Wildman–Crippen MR) is 48.5 cm³/mol. The summed E-state index contributed by atoms with van der Waals surface area (Å²) in [4.78, 5) is 0. The van der Waals surface area contributed by atoms with Gasteiger partial charge in [0.15, 0.2) is 0 Å². The largest absolute Gasteiger partial charge is 0.396 e. The molecule has 0 saturated carbocycles. The molecule has 0 radical (unpaired) electrons. The maximum Gasteiger partial charge on any atom is 0.0567 e. The summed E-state index contributed by atoms with van der Waals surface area (Å²) in [6, 6.07) is 0. The Balaban J connectivity index is 1.81. The van der Waals surface area contributed by atoms with Crippen LogP contribution in [0.2, 0.25) is 0 Å². The average Bonchev–Trinajstić information content (AvgIpc) is 2.13. The summed E-state index contributed by atoms with van der Waals surface area (Å²) >= 11 is 0. The van der Waals surface area contributed by atoms with Crippen LogP contribution in [0.25, 0.3) is 0 Å². The first kappa shape index (κ1) is 9.44. The molecule has 2 aliphatic heterocycles. The lowest BCUT2D eigenvalue weighted by atomic mass is 9.76. The summed E-state index contributed by atoms with van der Waals surface area (Å²) in [6.07, 6.45) is 3.43. The lowest BCUT2D eigenvalue weighted by molar-refractivity contribution is -0.151. The van der Waals surface area contributed by atoms with Gasteiger partial charge in [-0.15, -0.1) is 0 Å². The van der Waals surface area contributed by atoms with Crippen LogP contribution in [0.4, 0.5) is 0 Å². The molecule has 2 fully saturated rings. The molecule has 0 aliphatic carbocycles. The second-order valence-corrected chi connectivity index (χ2v) is 4.41. The SMILES string of the molecule is OCC1(CC2CCOCC2)COC1. The smallest absolute Gasteiger partial charge is 0.0567 e. The van der Waals surface area contributed by atoms with Gasteiger partial charge in [0, 0.05) is 18.6 Å². The van der Waals surface area contributed by atoms with Gasteiger partial charge in [-0.25, -0.2) is 0 Å². The molecule has 0 bridgehead atoms. The minimum atomic E-state index is 0.0992. The van der Waals surface area contributed by atoms with Crippen molar-refractivity contribution in [3.63, 3.8) is 0 Å². The summed E-state index contributed by atoms with van der Waals surface area (Å²) in [5, 5.41) is 9.26. The van der Waals surface area contributed by atoms with E-state index < -0.39 is 0 Å². The summed E-state index contributed by atoms with van der Waals surface area (Å²) < 4.78 is 10.5. The van der Waals surface area contributed by atoms with E-state index in [9.17, 15) is 5.11 Å². The summed E-state index contributed by atoms with van der Waals surface area (Å²) in [5.41, 5.74) is 0.0992. The van der Waals surface area contributed by atoms with Gasteiger partial charge in [-0.2, -0.15) is 0 Å². The molecule has 0 unspecified atom stereocenters. The zero-order valence-electron chi connectivity index (χ0n) is 8.00. The minimum absolute atomic E-state index is 0.0992. The molecular weight excluding hydrogens is 168 g/mol. The number of hydrogen-bond acceptors (Lipinski definition) is 3. The summed E-state index contributed by atoms with van der Waals surface area (Å²) in [6.45, 7) is 3.58. The third kappa shape index (κ3) is 2.03. The van der Waals surface area contributed by atoms with Gasteiger partial charge in [-0.05, 0) is 25.2 Å². The Morgan fingerprint density at radius 2 is 1.85 bits per heavy atom. The Kier molecular flexibility index (Phi) is 2.86. The zero-order valence-corrected chi connectivity index (χ0v) is 8.00. The van der Waals surface area contributed by atoms with Crippen LogP contribution in [-0.2, 0) is 9.47 Å². The van der Waals surface area contributed by atoms with Crippen molar-refractivity contribution in [2.24, 2.45) is 11.3 Å². The van der Waals surface area contributed by atoms with E-state index in [1.54, 1.807) is 0 Å². The fourth-order valence-corrected chi connectivity index (χ4v) is 2.23. The highest BCUT2D eigenvalue weighted by atomic mass is 16.5. The maximum absolute atomic E-state index is 9.26. The van der Waals surface area contributed by atoms with Gasteiger partial charge in [-0.1, -0.05) is 0 Å². The third-order valence-corrected chi connectivity index (χ3v) is 3.21. The van der Waals surface area contributed by atoms with Crippen LogP contribution in [0.1, 0.15) is 19.3 Å². The number of aliphatic hydroxyl groups is 1. The highest BCUT2D eigenvalue weighted by Gasteiger charge is 2.40. The molecular formula is C10H18O3. The van der Waals surface area contributed by atoms with E-state index >= 15 is 0 Å². The molecule has 3 heteroatoms. The Hall–Kier alpha value is -0.120.